The number of hydrogen-bond acceptors (Lipinski definition) is 1. The van der Waals surface area contributed by atoms with Gasteiger partial charge in [-0.2, -0.15) is 0 Å². The molecule has 0 unspecified atom stereocenters. The largest absolute Gasteiger partial charge is 0.326 e. The Balaban J connectivity index is 1.51. The molecule has 1 aromatic rings. The molecule has 21 heavy (non-hydrogen) atoms. The highest BCUT2D eigenvalue weighted by atomic mass is 79.9. The highest BCUT2D eigenvalue weighted by Gasteiger charge is 2.50. The quantitative estimate of drug-likeness (QED) is 0.772. The van der Waals surface area contributed by atoms with Crippen LogP contribution in [-0.2, 0) is 4.79 Å². The predicted octanol–water partition coefficient (Wildman–Crippen LogP) is 5.11. The summed E-state index contributed by atoms with van der Waals surface area (Å²) in [5, 5.41) is 3.73. The van der Waals surface area contributed by atoms with Crippen LogP contribution in [0.2, 0.25) is 5.02 Å². The van der Waals surface area contributed by atoms with Gasteiger partial charge >= 0.3 is 0 Å². The number of anilines is 1. The molecule has 4 saturated carbocycles. The van der Waals surface area contributed by atoms with Gasteiger partial charge in [-0.25, -0.2) is 0 Å². The minimum Gasteiger partial charge on any atom is -0.326 e. The zero-order chi connectivity index (χ0) is 14.6. The maximum atomic E-state index is 12.7. The van der Waals surface area contributed by atoms with E-state index < -0.39 is 0 Å². The molecule has 0 saturated heterocycles. The van der Waals surface area contributed by atoms with E-state index in [1.807, 2.05) is 18.2 Å². The number of rotatable bonds is 2. The van der Waals surface area contributed by atoms with Crippen LogP contribution in [0, 0.1) is 29.6 Å². The lowest BCUT2D eigenvalue weighted by atomic mass is 9.51. The fraction of sp³-hybridized carbons (Fsp3) is 0.588. The first-order valence-corrected chi connectivity index (χ1v) is 9.03. The maximum Gasteiger partial charge on any atom is 0.228 e. The fourth-order valence-corrected chi connectivity index (χ4v) is 5.58. The number of halogens is 2. The van der Waals surface area contributed by atoms with Gasteiger partial charge in [-0.05, 0) is 89.9 Å². The van der Waals surface area contributed by atoms with Gasteiger partial charge in [-0.3, -0.25) is 4.79 Å². The van der Waals surface area contributed by atoms with Crippen LogP contribution >= 0.6 is 27.5 Å². The molecule has 0 atom stereocenters. The molecular formula is C17H19BrClNO. The molecular weight excluding hydrogens is 350 g/mol. The topological polar surface area (TPSA) is 29.1 Å². The lowest BCUT2D eigenvalue weighted by Gasteiger charge is -2.53. The number of nitrogens with one attached hydrogen (secondary N) is 1. The highest BCUT2D eigenvalue weighted by molar-refractivity contribution is 9.10. The standard InChI is InChI=1S/C17H19BrClNO/c18-14-2-1-13(8-15(14)19)20-17(21)16-11-4-9-3-10(6-11)7-12(16)5-9/h1-2,8-12,16H,3-7H2,(H,20,21). The molecule has 4 aliphatic carbocycles. The Bertz CT molecular complexity index is 560. The molecule has 0 aromatic heterocycles. The minimum atomic E-state index is 0.210. The number of hydrogen-bond donors (Lipinski definition) is 1. The van der Waals surface area contributed by atoms with Gasteiger partial charge in [-0.1, -0.05) is 11.6 Å². The smallest absolute Gasteiger partial charge is 0.228 e. The SMILES string of the molecule is O=C(Nc1ccc(Br)c(Cl)c1)C1C2CC3CC(C2)CC1C3. The van der Waals surface area contributed by atoms with E-state index in [0.717, 1.165) is 22.0 Å². The van der Waals surface area contributed by atoms with Crippen molar-refractivity contribution in [2.24, 2.45) is 29.6 Å². The molecule has 4 bridgehead atoms. The Labute approximate surface area is 138 Å². The van der Waals surface area contributed by atoms with Crippen LogP contribution in [0.4, 0.5) is 5.69 Å². The molecule has 4 aliphatic rings. The zero-order valence-corrected chi connectivity index (χ0v) is 14.2. The van der Waals surface area contributed by atoms with Crippen molar-refractivity contribution in [2.75, 3.05) is 5.32 Å². The lowest BCUT2D eigenvalue weighted by molar-refractivity contribution is -0.132. The summed E-state index contributed by atoms with van der Waals surface area (Å²) in [6, 6.07) is 5.61. The van der Waals surface area contributed by atoms with Crippen molar-refractivity contribution in [3.05, 3.63) is 27.7 Å². The molecule has 1 amide bonds. The molecule has 0 radical (unpaired) electrons. The molecule has 1 aromatic carbocycles. The lowest BCUT2D eigenvalue weighted by Crippen LogP contribution is -2.49. The summed E-state index contributed by atoms with van der Waals surface area (Å²) in [7, 11) is 0. The van der Waals surface area contributed by atoms with Gasteiger partial charge < -0.3 is 5.32 Å². The second-order valence-corrected chi connectivity index (χ2v) is 8.34. The van der Waals surface area contributed by atoms with Crippen LogP contribution in [0.15, 0.2) is 22.7 Å². The van der Waals surface area contributed by atoms with Gasteiger partial charge in [0, 0.05) is 16.1 Å². The fourth-order valence-electron chi connectivity index (χ4n) is 5.15. The van der Waals surface area contributed by atoms with Crippen molar-refractivity contribution < 1.29 is 4.79 Å². The monoisotopic (exact) mass is 367 g/mol. The van der Waals surface area contributed by atoms with Crippen LogP contribution in [0.5, 0.6) is 0 Å². The molecule has 5 rings (SSSR count). The van der Waals surface area contributed by atoms with Crippen LogP contribution in [0.1, 0.15) is 32.1 Å². The Hall–Kier alpha value is -0.540. The maximum absolute atomic E-state index is 12.7. The summed E-state index contributed by atoms with van der Waals surface area (Å²) in [4.78, 5) is 12.7. The molecule has 4 heteroatoms. The Morgan fingerprint density at radius 2 is 1.71 bits per heavy atom. The number of carbonyl (C=O) groups excluding carboxylic acids is 1. The van der Waals surface area contributed by atoms with Gasteiger partial charge in [0.25, 0.3) is 0 Å². The first-order valence-electron chi connectivity index (χ1n) is 7.86. The molecule has 1 N–H and O–H groups in total. The van der Waals surface area contributed by atoms with Crippen molar-refractivity contribution in [2.45, 2.75) is 32.1 Å². The summed E-state index contributed by atoms with van der Waals surface area (Å²) >= 11 is 9.48. The van der Waals surface area contributed by atoms with Gasteiger partial charge in [0.1, 0.15) is 0 Å². The van der Waals surface area contributed by atoms with Gasteiger partial charge in [0.15, 0.2) is 0 Å². The van der Waals surface area contributed by atoms with E-state index in [1.54, 1.807) is 0 Å². The first-order chi connectivity index (χ1) is 10.1. The molecule has 112 valence electrons. The zero-order valence-electron chi connectivity index (χ0n) is 11.8. The van der Waals surface area contributed by atoms with Crippen molar-refractivity contribution >= 4 is 39.1 Å². The molecule has 0 heterocycles. The van der Waals surface area contributed by atoms with Crippen LogP contribution in [0.25, 0.3) is 0 Å². The highest BCUT2D eigenvalue weighted by Crippen LogP contribution is 2.56. The molecule has 0 aliphatic heterocycles. The van der Waals surface area contributed by atoms with Crippen molar-refractivity contribution in [1.29, 1.82) is 0 Å². The van der Waals surface area contributed by atoms with E-state index in [-0.39, 0.29) is 11.8 Å². The third-order valence-corrected chi connectivity index (χ3v) is 6.95. The van der Waals surface area contributed by atoms with Gasteiger partial charge in [0.2, 0.25) is 5.91 Å². The summed E-state index contributed by atoms with van der Waals surface area (Å²) in [5.41, 5.74) is 0.807. The summed E-state index contributed by atoms with van der Waals surface area (Å²) in [5.74, 6) is 3.47. The van der Waals surface area contributed by atoms with Crippen molar-refractivity contribution in [3.63, 3.8) is 0 Å². The Morgan fingerprint density at radius 3 is 2.29 bits per heavy atom. The van der Waals surface area contributed by atoms with Crippen LogP contribution < -0.4 is 5.32 Å². The normalized spacial score (nSPS) is 36.8. The molecule has 2 nitrogen and oxygen atoms in total. The van der Waals surface area contributed by atoms with E-state index in [4.69, 9.17) is 11.6 Å². The van der Waals surface area contributed by atoms with Crippen LogP contribution in [0.3, 0.4) is 0 Å². The minimum absolute atomic E-state index is 0.210. The van der Waals surface area contributed by atoms with E-state index in [2.05, 4.69) is 21.2 Å². The third kappa shape index (κ3) is 2.53. The average molecular weight is 369 g/mol. The second kappa shape index (κ2) is 5.27. The van der Waals surface area contributed by atoms with Crippen LogP contribution in [-0.4, -0.2) is 5.91 Å². The summed E-state index contributed by atoms with van der Waals surface area (Å²) in [6.07, 6.45) is 6.50. The Morgan fingerprint density at radius 1 is 1.10 bits per heavy atom. The second-order valence-electron chi connectivity index (χ2n) is 7.07. The van der Waals surface area contributed by atoms with E-state index >= 15 is 0 Å². The van der Waals surface area contributed by atoms with E-state index in [9.17, 15) is 4.79 Å². The number of carbonyl (C=O) groups is 1. The first kappa shape index (κ1) is 14.1. The average Bonchev–Trinajstić information content (AvgIpc) is 2.41. The summed E-state index contributed by atoms with van der Waals surface area (Å²) in [6.45, 7) is 0. The van der Waals surface area contributed by atoms with Gasteiger partial charge in [-0.15, -0.1) is 0 Å². The third-order valence-electron chi connectivity index (χ3n) is 5.72. The molecule has 0 spiro atoms. The van der Waals surface area contributed by atoms with Gasteiger partial charge in [0.05, 0.1) is 5.02 Å². The summed E-state index contributed by atoms with van der Waals surface area (Å²) < 4.78 is 0.858. The predicted molar refractivity (Wildman–Crippen MR) is 88.3 cm³/mol. The van der Waals surface area contributed by atoms with E-state index in [0.29, 0.717) is 16.9 Å². The van der Waals surface area contributed by atoms with Crippen molar-refractivity contribution in [1.82, 2.24) is 0 Å². The van der Waals surface area contributed by atoms with Crippen molar-refractivity contribution in [3.8, 4) is 0 Å². The number of benzene rings is 1. The van der Waals surface area contributed by atoms with E-state index in [1.165, 1.54) is 32.1 Å². The Kier molecular flexibility index (Phi) is 3.54. The molecule has 4 fully saturated rings. The number of amides is 1.